The summed E-state index contributed by atoms with van der Waals surface area (Å²) >= 11 is 5.12. The van der Waals surface area contributed by atoms with Crippen molar-refractivity contribution < 1.29 is 4.39 Å². The number of para-hydroxylation sites is 1. The van der Waals surface area contributed by atoms with Gasteiger partial charge in [0.2, 0.25) is 0 Å². The molecule has 0 bridgehead atoms. The van der Waals surface area contributed by atoms with Gasteiger partial charge in [0.15, 0.2) is 0 Å². The minimum Gasteiger partial charge on any atom is -0.368 e. The molecule has 5 heteroatoms. The summed E-state index contributed by atoms with van der Waals surface area (Å²) in [6.45, 7) is 4.46. The summed E-state index contributed by atoms with van der Waals surface area (Å²) in [5.74, 6) is -0.164. The van der Waals surface area contributed by atoms with Crippen molar-refractivity contribution in [1.29, 1.82) is 0 Å². The van der Waals surface area contributed by atoms with E-state index in [0.717, 1.165) is 22.3 Å². The molecule has 0 unspecified atom stereocenters. The number of hydrogen-bond acceptors (Lipinski definition) is 3. The Labute approximate surface area is 138 Å². The van der Waals surface area contributed by atoms with Gasteiger partial charge in [0.1, 0.15) is 5.82 Å². The summed E-state index contributed by atoms with van der Waals surface area (Å²) in [7, 11) is 1.94. The summed E-state index contributed by atoms with van der Waals surface area (Å²) in [6.07, 6.45) is 1.07. The summed E-state index contributed by atoms with van der Waals surface area (Å²) in [5.41, 5.74) is 2.87. The Morgan fingerprint density at radius 2 is 2.19 bits per heavy atom. The second-order valence-electron chi connectivity index (χ2n) is 5.04. The number of halogens is 2. The van der Waals surface area contributed by atoms with Crippen molar-refractivity contribution in [2.24, 2.45) is 0 Å². The van der Waals surface area contributed by atoms with E-state index in [1.54, 1.807) is 17.4 Å². The maximum atomic E-state index is 14.2. The standard InChI is InChI=1S/C16H20BrFN2S/c1-3-7-19-9-13-5-4-6-14(18)16(13)20(2)10-12-8-15(17)21-11-12/h4-6,8,11,19H,3,7,9-10H2,1-2H3. The molecule has 0 atom stereocenters. The number of benzene rings is 1. The van der Waals surface area contributed by atoms with Gasteiger partial charge in [0, 0.05) is 20.1 Å². The molecule has 1 aromatic heterocycles. The molecule has 2 nitrogen and oxygen atoms in total. The highest BCUT2D eigenvalue weighted by Gasteiger charge is 2.13. The van der Waals surface area contributed by atoms with Crippen LogP contribution in [0, 0.1) is 5.82 Å². The minimum absolute atomic E-state index is 0.164. The van der Waals surface area contributed by atoms with Crippen molar-refractivity contribution in [3.63, 3.8) is 0 Å². The van der Waals surface area contributed by atoms with E-state index in [1.165, 1.54) is 11.6 Å². The van der Waals surface area contributed by atoms with Gasteiger partial charge in [-0.25, -0.2) is 4.39 Å². The second-order valence-corrected chi connectivity index (χ2v) is 7.33. The molecule has 0 saturated heterocycles. The molecule has 0 radical (unpaired) electrons. The first-order chi connectivity index (χ1) is 10.1. The molecular formula is C16H20BrFN2S. The van der Waals surface area contributed by atoms with Crippen molar-refractivity contribution in [2.45, 2.75) is 26.4 Å². The summed E-state index contributed by atoms with van der Waals surface area (Å²) < 4.78 is 15.3. The SMILES string of the molecule is CCCNCc1cccc(F)c1N(C)Cc1csc(Br)c1. The number of anilines is 1. The van der Waals surface area contributed by atoms with E-state index in [1.807, 2.05) is 18.0 Å². The Morgan fingerprint density at radius 1 is 1.38 bits per heavy atom. The van der Waals surface area contributed by atoms with E-state index in [9.17, 15) is 4.39 Å². The summed E-state index contributed by atoms with van der Waals surface area (Å²) in [4.78, 5) is 1.98. The van der Waals surface area contributed by atoms with E-state index < -0.39 is 0 Å². The van der Waals surface area contributed by atoms with E-state index in [0.29, 0.717) is 18.8 Å². The largest absolute Gasteiger partial charge is 0.368 e. The van der Waals surface area contributed by atoms with Crippen LogP contribution < -0.4 is 10.2 Å². The highest BCUT2D eigenvalue weighted by Crippen LogP contribution is 2.27. The first kappa shape index (κ1) is 16.5. The lowest BCUT2D eigenvalue weighted by atomic mass is 10.1. The molecule has 1 heterocycles. The second kappa shape index (κ2) is 7.92. The molecule has 1 N–H and O–H groups in total. The van der Waals surface area contributed by atoms with Gasteiger partial charge in [-0.05, 0) is 57.5 Å². The van der Waals surface area contributed by atoms with Crippen LogP contribution in [0.3, 0.4) is 0 Å². The van der Waals surface area contributed by atoms with Crippen molar-refractivity contribution in [3.8, 4) is 0 Å². The average molecular weight is 371 g/mol. The zero-order chi connectivity index (χ0) is 15.2. The zero-order valence-corrected chi connectivity index (χ0v) is 14.7. The topological polar surface area (TPSA) is 15.3 Å². The van der Waals surface area contributed by atoms with Crippen molar-refractivity contribution >= 4 is 33.0 Å². The Morgan fingerprint density at radius 3 is 2.86 bits per heavy atom. The van der Waals surface area contributed by atoms with Crippen LogP contribution in [0.4, 0.5) is 10.1 Å². The molecular weight excluding hydrogens is 351 g/mol. The van der Waals surface area contributed by atoms with Gasteiger partial charge in [0.25, 0.3) is 0 Å². The van der Waals surface area contributed by atoms with Crippen LogP contribution in [0.25, 0.3) is 0 Å². The van der Waals surface area contributed by atoms with Crippen LogP contribution in [-0.4, -0.2) is 13.6 Å². The lowest BCUT2D eigenvalue weighted by Gasteiger charge is -2.23. The predicted octanol–water partition coefficient (Wildman–Crippen LogP) is 4.79. The Bertz CT molecular complexity index is 585. The molecule has 0 aliphatic rings. The first-order valence-electron chi connectivity index (χ1n) is 7.04. The maximum Gasteiger partial charge on any atom is 0.146 e. The number of nitrogens with zero attached hydrogens (tertiary/aromatic N) is 1. The molecule has 2 aromatic rings. The normalized spacial score (nSPS) is 10.9. The van der Waals surface area contributed by atoms with E-state index >= 15 is 0 Å². The highest BCUT2D eigenvalue weighted by molar-refractivity contribution is 9.11. The Kier molecular flexibility index (Phi) is 6.21. The van der Waals surface area contributed by atoms with E-state index in [4.69, 9.17) is 0 Å². The monoisotopic (exact) mass is 370 g/mol. The van der Waals surface area contributed by atoms with Gasteiger partial charge in [-0.1, -0.05) is 19.1 Å². The quantitative estimate of drug-likeness (QED) is 0.705. The molecule has 2 rings (SSSR count). The molecule has 0 spiro atoms. The van der Waals surface area contributed by atoms with Gasteiger partial charge in [-0.3, -0.25) is 0 Å². The lowest BCUT2D eigenvalue weighted by Crippen LogP contribution is -2.22. The van der Waals surface area contributed by atoms with E-state index in [2.05, 4.69) is 39.6 Å². The lowest BCUT2D eigenvalue weighted by molar-refractivity contribution is 0.613. The van der Waals surface area contributed by atoms with Crippen LogP contribution in [0.2, 0.25) is 0 Å². The first-order valence-corrected chi connectivity index (χ1v) is 8.71. The molecule has 114 valence electrons. The van der Waals surface area contributed by atoms with E-state index in [-0.39, 0.29) is 5.82 Å². The Hall–Kier alpha value is -0.910. The minimum atomic E-state index is -0.164. The fraction of sp³-hybridized carbons (Fsp3) is 0.375. The summed E-state index contributed by atoms with van der Waals surface area (Å²) in [5, 5.41) is 5.44. The van der Waals surface area contributed by atoms with Gasteiger partial charge in [-0.15, -0.1) is 11.3 Å². The van der Waals surface area contributed by atoms with Crippen molar-refractivity contribution in [1.82, 2.24) is 5.32 Å². The zero-order valence-electron chi connectivity index (χ0n) is 12.3. The third-order valence-corrected chi connectivity index (χ3v) is 4.79. The average Bonchev–Trinajstić information content (AvgIpc) is 2.84. The molecule has 1 aromatic carbocycles. The van der Waals surface area contributed by atoms with Crippen LogP contribution in [0.5, 0.6) is 0 Å². The molecule has 0 amide bonds. The maximum absolute atomic E-state index is 14.2. The highest BCUT2D eigenvalue weighted by atomic mass is 79.9. The molecule has 0 aliphatic heterocycles. The fourth-order valence-corrected chi connectivity index (χ4v) is 3.51. The van der Waals surface area contributed by atoms with Gasteiger partial charge >= 0.3 is 0 Å². The van der Waals surface area contributed by atoms with Crippen LogP contribution in [0.15, 0.2) is 33.4 Å². The number of hydrogen-bond donors (Lipinski definition) is 1. The molecule has 0 fully saturated rings. The Balaban J connectivity index is 2.16. The van der Waals surface area contributed by atoms with Crippen molar-refractivity contribution in [3.05, 3.63) is 50.4 Å². The van der Waals surface area contributed by atoms with Crippen LogP contribution in [-0.2, 0) is 13.1 Å². The third-order valence-electron chi connectivity index (χ3n) is 3.24. The molecule has 0 aliphatic carbocycles. The molecule has 0 saturated carbocycles. The van der Waals surface area contributed by atoms with Gasteiger partial charge < -0.3 is 10.2 Å². The third kappa shape index (κ3) is 4.53. The number of rotatable bonds is 7. The fourth-order valence-electron chi connectivity index (χ4n) is 2.31. The number of nitrogens with one attached hydrogen (secondary N) is 1. The predicted molar refractivity (Wildman–Crippen MR) is 92.5 cm³/mol. The molecule has 21 heavy (non-hydrogen) atoms. The smallest absolute Gasteiger partial charge is 0.146 e. The number of thiophene rings is 1. The van der Waals surface area contributed by atoms with Gasteiger partial charge in [0.05, 0.1) is 9.47 Å². The van der Waals surface area contributed by atoms with Crippen molar-refractivity contribution in [2.75, 3.05) is 18.5 Å². The van der Waals surface area contributed by atoms with Crippen LogP contribution >= 0.6 is 27.3 Å². The van der Waals surface area contributed by atoms with Gasteiger partial charge in [-0.2, -0.15) is 0 Å². The summed E-state index contributed by atoms with van der Waals surface area (Å²) in [6, 6.07) is 7.37. The van der Waals surface area contributed by atoms with Crippen LogP contribution in [0.1, 0.15) is 24.5 Å².